The van der Waals surface area contributed by atoms with Crippen LogP contribution in [0.2, 0.25) is 5.02 Å². The number of fused-ring (bicyclic) bond motifs is 1. The summed E-state index contributed by atoms with van der Waals surface area (Å²) in [5.41, 5.74) is 4.79. The number of oxime groups is 1. The predicted molar refractivity (Wildman–Crippen MR) is 106 cm³/mol. The van der Waals surface area contributed by atoms with Crippen LogP contribution in [-0.2, 0) is 6.42 Å². The first-order chi connectivity index (χ1) is 13.2. The van der Waals surface area contributed by atoms with Crippen LogP contribution in [0.3, 0.4) is 0 Å². The summed E-state index contributed by atoms with van der Waals surface area (Å²) in [4.78, 5) is 0. The second kappa shape index (κ2) is 8.00. The van der Waals surface area contributed by atoms with Crippen molar-refractivity contribution in [1.29, 1.82) is 0 Å². The van der Waals surface area contributed by atoms with E-state index >= 15 is 0 Å². The molecular weight excluding hydrogens is 387 g/mol. The van der Waals surface area contributed by atoms with E-state index in [1.165, 1.54) is 18.2 Å². The Morgan fingerprint density at radius 2 is 1.89 bits per heavy atom. The molecule has 1 aliphatic carbocycles. The highest BCUT2D eigenvalue weighted by molar-refractivity contribution is 6.31. The zero-order chi connectivity index (χ0) is 20.5. The number of benzene rings is 2. The largest absolute Gasteiger partial charge is 0.411 e. The van der Waals surface area contributed by atoms with Crippen molar-refractivity contribution < 1.29 is 18.4 Å². The normalized spacial score (nSPS) is 17.1. The Morgan fingerprint density at radius 1 is 1.14 bits per heavy atom. The molecule has 2 aromatic carbocycles. The van der Waals surface area contributed by atoms with Gasteiger partial charge < -0.3 is 5.21 Å². The Labute approximate surface area is 167 Å². The molecule has 0 radical (unpaired) electrons. The second-order valence-corrected chi connectivity index (χ2v) is 7.55. The molecule has 148 valence electrons. The van der Waals surface area contributed by atoms with Crippen LogP contribution >= 0.6 is 11.6 Å². The van der Waals surface area contributed by atoms with Gasteiger partial charge in [0.05, 0.1) is 11.6 Å². The van der Waals surface area contributed by atoms with Gasteiger partial charge in [-0.2, -0.15) is 13.2 Å². The third kappa shape index (κ3) is 4.25. The zero-order valence-corrected chi connectivity index (χ0v) is 16.4. The summed E-state index contributed by atoms with van der Waals surface area (Å²) in [6, 6.07) is 8.34. The molecule has 2 aromatic rings. The lowest BCUT2D eigenvalue weighted by Gasteiger charge is -2.20. The smallest absolute Gasteiger partial charge is 0.399 e. The summed E-state index contributed by atoms with van der Waals surface area (Å²) in [6.07, 6.45) is 0.601. The molecule has 0 fully saturated rings. The van der Waals surface area contributed by atoms with Crippen LogP contribution in [0.25, 0.3) is 6.08 Å². The van der Waals surface area contributed by atoms with E-state index in [0.717, 1.165) is 35.1 Å². The highest BCUT2D eigenvalue weighted by atomic mass is 35.5. The fraction of sp³-hybridized carbons (Fsp3) is 0.318. The van der Waals surface area contributed by atoms with E-state index in [9.17, 15) is 13.2 Å². The highest BCUT2D eigenvalue weighted by Gasteiger charge is 2.39. The van der Waals surface area contributed by atoms with Gasteiger partial charge in [-0.1, -0.05) is 53.2 Å². The average molecular weight is 408 g/mol. The first-order valence-corrected chi connectivity index (χ1v) is 9.44. The molecule has 1 atom stereocenters. The van der Waals surface area contributed by atoms with Crippen molar-refractivity contribution in [3.8, 4) is 0 Å². The van der Waals surface area contributed by atoms with Crippen LogP contribution < -0.4 is 0 Å². The summed E-state index contributed by atoms with van der Waals surface area (Å²) in [7, 11) is 0. The Hall–Kier alpha value is -2.27. The van der Waals surface area contributed by atoms with Crippen molar-refractivity contribution in [1.82, 2.24) is 0 Å². The Morgan fingerprint density at radius 3 is 2.54 bits per heavy atom. The van der Waals surface area contributed by atoms with Gasteiger partial charge in [-0.15, -0.1) is 0 Å². The van der Waals surface area contributed by atoms with E-state index in [2.05, 4.69) is 5.16 Å². The fourth-order valence-electron chi connectivity index (χ4n) is 3.53. The lowest BCUT2D eigenvalue weighted by atomic mass is 9.88. The third-order valence-corrected chi connectivity index (χ3v) is 5.63. The number of rotatable bonds is 3. The van der Waals surface area contributed by atoms with Crippen LogP contribution in [0.5, 0.6) is 0 Å². The van der Waals surface area contributed by atoms with Crippen molar-refractivity contribution in [3.05, 3.63) is 74.8 Å². The summed E-state index contributed by atoms with van der Waals surface area (Å²) < 4.78 is 41.1. The first kappa shape index (κ1) is 20.5. The standard InChI is InChI=1S/C22H21ClF3NO/c1-13-10-17(12-20(23)14(13)2)19(22(24,25)26)9-7-15-6-8-18-16(11-15)4-3-5-21(18)27-28/h6-12,19,28H,3-5H2,1-2H3/b9-7+,27-21+. The minimum atomic E-state index is -4.42. The molecule has 0 bridgehead atoms. The van der Waals surface area contributed by atoms with Crippen LogP contribution in [0, 0.1) is 13.8 Å². The van der Waals surface area contributed by atoms with Crippen LogP contribution in [0.1, 0.15) is 52.1 Å². The Bertz CT molecular complexity index is 924. The number of hydrogen-bond acceptors (Lipinski definition) is 2. The number of halogens is 4. The molecule has 3 rings (SSSR count). The zero-order valence-electron chi connectivity index (χ0n) is 15.6. The highest BCUT2D eigenvalue weighted by Crippen LogP contribution is 2.38. The molecule has 6 heteroatoms. The molecule has 1 unspecified atom stereocenters. The van der Waals surface area contributed by atoms with Gasteiger partial charge in [0.1, 0.15) is 0 Å². The Balaban J connectivity index is 1.95. The van der Waals surface area contributed by atoms with Gasteiger partial charge in [-0.05, 0) is 67.0 Å². The number of allylic oxidation sites excluding steroid dienone is 1. The molecule has 1 N–H and O–H groups in total. The molecule has 0 amide bonds. The van der Waals surface area contributed by atoms with Crippen molar-refractivity contribution in [2.75, 3.05) is 0 Å². The maximum absolute atomic E-state index is 13.7. The number of aryl methyl sites for hydroxylation is 2. The van der Waals surface area contributed by atoms with Crippen molar-refractivity contribution >= 4 is 23.4 Å². The molecule has 0 spiro atoms. The second-order valence-electron chi connectivity index (χ2n) is 7.14. The van der Waals surface area contributed by atoms with Crippen LogP contribution in [0.15, 0.2) is 41.6 Å². The van der Waals surface area contributed by atoms with E-state index in [1.807, 2.05) is 6.07 Å². The van der Waals surface area contributed by atoms with Gasteiger partial charge in [-0.3, -0.25) is 0 Å². The summed E-state index contributed by atoms with van der Waals surface area (Å²) in [5, 5.41) is 12.8. The van der Waals surface area contributed by atoms with Gasteiger partial charge in [0, 0.05) is 10.6 Å². The number of hydrogen-bond donors (Lipinski definition) is 1. The predicted octanol–water partition coefficient (Wildman–Crippen LogP) is 6.83. The number of alkyl halides is 3. The SMILES string of the molecule is Cc1cc(C(/C=C/c2ccc3c(c2)CCC/C3=N\O)C(F)(F)F)cc(Cl)c1C. The van der Waals surface area contributed by atoms with Gasteiger partial charge in [0.25, 0.3) is 0 Å². The molecule has 1 aliphatic rings. The van der Waals surface area contributed by atoms with E-state index in [4.69, 9.17) is 16.8 Å². The van der Waals surface area contributed by atoms with E-state index in [0.29, 0.717) is 22.7 Å². The van der Waals surface area contributed by atoms with Crippen LogP contribution in [-0.4, -0.2) is 17.1 Å². The van der Waals surface area contributed by atoms with E-state index in [-0.39, 0.29) is 5.56 Å². The van der Waals surface area contributed by atoms with Gasteiger partial charge in [0.15, 0.2) is 0 Å². The topological polar surface area (TPSA) is 32.6 Å². The molecule has 2 nitrogen and oxygen atoms in total. The van der Waals surface area contributed by atoms with Gasteiger partial charge in [-0.25, -0.2) is 0 Å². The van der Waals surface area contributed by atoms with E-state index < -0.39 is 12.1 Å². The summed E-state index contributed by atoms with van der Waals surface area (Å²) >= 11 is 6.11. The molecule has 0 saturated heterocycles. The summed E-state index contributed by atoms with van der Waals surface area (Å²) in [5.74, 6) is -1.74. The third-order valence-electron chi connectivity index (χ3n) is 5.24. The van der Waals surface area contributed by atoms with Crippen molar-refractivity contribution in [2.24, 2.45) is 5.16 Å². The minimum Gasteiger partial charge on any atom is -0.411 e. The van der Waals surface area contributed by atoms with Gasteiger partial charge in [0.2, 0.25) is 0 Å². The molecular formula is C22H21ClF3NO. The monoisotopic (exact) mass is 407 g/mol. The fourth-order valence-corrected chi connectivity index (χ4v) is 3.80. The van der Waals surface area contributed by atoms with Crippen LogP contribution in [0.4, 0.5) is 13.2 Å². The molecule has 28 heavy (non-hydrogen) atoms. The van der Waals surface area contributed by atoms with Gasteiger partial charge >= 0.3 is 6.18 Å². The maximum atomic E-state index is 13.7. The lowest BCUT2D eigenvalue weighted by Crippen LogP contribution is -2.19. The first-order valence-electron chi connectivity index (χ1n) is 9.06. The summed E-state index contributed by atoms with van der Waals surface area (Å²) in [6.45, 7) is 3.54. The average Bonchev–Trinajstić information content (AvgIpc) is 2.64. The molecule has 0 heterocycles. The molecule has 0 saturated carbocycles. The minimum absolute atomic E-state index is 0.129. The quantitative estimate of drug-likeness (QED) is 0.439. The lowest BCUT2D eigenvalue weighted by molar-refractivity contribution is -0.139. The Kier molecular flexibility index (Phi) is 5.84. The number of nitrogens with zero attached hydrogens (tertiary/aromatic N) is 1. The van der Waals surface area contributed by atoms with Crippen molar-refractivity contribution in [2.45, 2.75) is 45.2 Å². The molecule has 0 aromatic heterocycles. The van der Waals surface area contributed by atoms with Crippen molar-refractivity contribution in [3.63, 3.8) is 0 Å². The maximum Gasteiger partial charge on any atom is 0.399 e. The molecule has 0 aliphatic heterocycles. The van der Waals surface area contributed by atoms with E-state index in [1.54, 1.807) is 32.0 Å².